The van der Waals surface area contributed by atoms with E-state index in [4.69, 9.17) is 16.0 Å². The monoisotopic (exact) mass is 211 g/mol. The normalized spacial score (nSPS) is 35.4. The van der Waals surface area contributed by atoms with E-state index in [9.17, 15) is 0 Å². The molecule has 0 spiro atoms. The van der Waals surface area contributed by atoms with Gasteiger partial charge in [-0.3, -0.25) is 0 Å². The van der Waals surface area contributed by atoms with Gasteiger partial charge in [0.05, 0.1) is 12.1 Å². The van der Waals surface area contributed by atoms with Crippen LogP contribution in [0, 0.1) is 11.8 Å². The lowest BCUT2D eigenvalue weighted by Crippen LogP contribution is -2.07. The van der Waals surface area contributed by atoms with Crippen molar-refractivity contribution in [1.82, 2.24) is 4.98 Å². The molecule has 3 heteroatoms. The predicted molar refractivity (Wildman–Crippen MR) is 54.2 cm³/mol. The summed E-state index contributed by atoms with van der Waals surface area (Å²) in [6, 6.07) is 0. The Balaban J connectivity index is 1.80. The first kappa shape index (κ1) is 8.78. The molecule has 0 bridgehead atoms. The van der Waals surface area contributed by atoms with Crippen LogP contribution < -0.4 is 0 Å². The van der Waals surface area contributed by atoms with Gasteiger partial charge in [-0.2, -0.15) is 0 Å². The lowest BCUT2D eigenvalue weighted by atomic mass is 9.88. The van der Waals surface area contributed by atoms with E-state index < -0.39 is 0 Å². The third-order valence-corrected chi connectivity index (χ3v) is 3.86. The fraction of sp³-hybridized carbons (Fsp3) is 0.727. The van der Waals surface area contributed by atoms with E-state index in [2.05, 4.69) is 4.98 Å². The number of hydrogen-bond donors (Lipinski definition) is 0. The number of fused-ring (bicyclic) bond motifs is 1. The van der Waals surface area contributed by atoms with Crippen LogP contribution in [-0.4, -0.2) is 4.98 Å². The van der Waals surface area contributed by atoms with Crippen LogP contribution in [-0.2, 0) is 5.88 Å². The van der Waals surface area contributed by atoms with E-state index in [0.717, 1.165) is 17.6 Å². The van der Waals surface area contributed by atoms with E-state index in [-0.39, 0.29) is 0 Å². The van der Waals surface area contributed by atoms with Gasteiger partial charge in [0.1, 0.15) is 5.76 Å². The van der Waals surface area contributed by atoms with E-state index in [1.54, 1.807) is 0 Å². The Morgan fingerprint density at radius 1 is 1.50 bits per heavy atom. The molecule has 0 radical (unpaired) electrons. The minimum atomic E-state index is 0.390. The summed E-state index contributed by atoms with van der Waals surface area (Å²) >= 11 is 5.67. The number of aromatic nitrogens is 1. The SMILES string of the molecule is ClCc1ncc(C2CCCC3CC32)o1. The number of hydrogen-bond acceptors (Lipinski definition) is 2. The summed E-state index contributed by atoms with van der Waals surface area (Å²) in [4.78, 5) is 4.16. The predicted octanol–water partition coefficient (Wildman–Crippen LogP) is 3.32. The third kappa shape index (κ3) is 1.36. The van der Waals surface area contributed by atoms with Crippen molar-refractivity contribution in [3.05, 3.63) is 17.8 Å². The molecule has 0 N–H and O–H groups in total. The van der Waals surface area contributed by atoms with Gasteiger partial charge in [-0.15, -0.1) is 11.6 Å². The van der Waals surface area contributed by atoms with Gasteiger partial charge in [0.2, 0.25) is 5.89 Å². The Hall–Kier alpha value is -0.500. The first-order valence-corrected chi connectivity index (χ1v) is 5.92. The van der Waals surface area contributed by atoms with Gasteiger partial charge in [-0.1, -0.05) is 12.8 Å². The molecule has 76 valence electrons. The molecule has 2 nitrogen and oxygen atoms in total. The van der Waals surface area contributed by atoms with Crippen LogP contribution in [0.1, 0.15) is 43.3 Å². The smallest absolute Gasteiger partial charge is 0.209 e. The molecule has 2 aliphatic rings. The van der Waals surface area contributed by atoms with E-state index in [0.29, 0.717) is 17.7 Å². The zero-order valence-corrected chi connectivity index (χ0v) is 8.83. The highest BCUT2D eigenvalue weighted by Crippen LogP contribution is 2.56. The molecule has 14 heavy (non-hydrogen) atoms. The molecule has 2 saturated carbocycles. The van der Waals surface area contributed by atoms with Gasteiger partial charge >= 0.3 is 0 Å². The minimum absolute atomic E-state index is 0.390. The fourth-order valence-electron chi connectivity index (χ4n) is 2.82. The highest BCUT2D eigenvalue weighted by molar-refractivity contribution is 6.16. The van der Waals surface area contributed by atoms with Crippen LogP contribution in [0.5, 0.6) is 0 Å². The highest BCUT2D eigenvalue weighted by Gasteiger charge is 2.46. The van der Waals surface area contributed by atoms with Crippen molar-refractivity contribution < 1.29 is 4.42 Å². The van der Waals surface area contributed by atoms with Crippen molar-refractivity contribution in [2.75, 3.05) is 0 Å². The quantitative estimate of drug-likeness (QED) is 0.702. The Morgan fingerprint density at radius 2 is 2.43 bits per heavy atom. The lowest BCUT2D eigenvalue weighted by Gasteiger charge is -2.18. The van der Waals surface area contributed by atoms with Crippen LogP contribution in [0.4, 0.5) is 0 Å². The molecule has 3 atom stereocenters. The number of halogens is 1. The van der Waals surface area contributed by atoms with Gasteiger partial charge in [0.25, 0.3) is 0 Å². The van der Waals surface area contributed by atoms with Crippen molar-refractivity contribution >= 4 is 11.6 Å². The Labute approximate surface area is 88.7 Å². The summed E-state index contributed by atoms with van der Waals surface area (Å²) in [5.74, 6) is 4.65. The van der Waals surface area contributed by atoms with E-state index in [1.165, 1.54) is 25.7 Å². The third-order valence-electron chi connectivity index (χ3n) is 3.64. The lowest BCUT2D eigenvalue weighted by molar-refractivity contribution is 0.349. The van der Waals surface area contributed by atoms with Crippen molar-refractivity contribution in [1.29, 1.82) is 0 Å². The summed E-state index contributed by atoms with van der Waals surface area (Å²) in [6.45, 7) is 0. The average molecular weight is 212 g/mol. The van der Waals surface area contributed by atoms with Gasteiger partial charge in [0, 0.05) is 5.92 Å². The van der Waals surface area contributed by atoms with Crippen LogP contribution in [0.2, 0.25) is 0 Å². The zero-order chi connectivity index (χ0) is 9.54. The fourth-order valence-corrected chi connectivity index (χ4v) is 2.94. The molecule has 0 aliphatic heterocycles. The summed E-state index contributed by atoms with van der Waals surface area (Å²) < 4.78 is 5.63. The minimum Gasteiger partial charge on any atom is -0.444 e. The number of rotatable bonds is 2. The number of alkyl halides is 1. The van der Waals surface area contributed by atoms with Gasteiger partial charge in [0.15, 0.2) is 0 Å². The first-order chi connectivity index (χ1) is 6.88. The first-order valence-electron chi connectivity index (χ1n) is 5.39. The summed E-state index contributed by atoms with van der Waals surface area (Å²) in [5.41, 5.74) is 0. The maximum absolute atomic E-state index is 5.67. The van der Waals surface area contributed by atoms with Crippen molar-refractivity contribution in [2.45, 2.75) is 37.5 Å². The van der Waals surface area contributed by atoms with Crippen LogP contribution in [0.3, 0.4) is 0 Å². The second kappa shape index (κ2) is 3.27. The molecular formula is C11H14ClNO. The maximum atomic E-state index is 5.67. The Morgan fingerprint density at radius 3 is 3.21 bits per heavy atom. The van der Waals surface area contributed by atoms with Crippen LogP contribution in [0.25, 0.3) is 0 Å². The number of oxazole rings is 1. The van der Waals surface area contributed by atoms with Crippen molar-refractivity contribution in [2.24, 2.45) is 11.8 Å². The summed E-state index contributed by atoms with van der Waals surface area (Å²) in [7, 11) is 0. The van der Waals surface area contributed by atoms with Gasteiger partial charge < -0.3 is 4.42 Å². The van der Waals surface area contributed by atoms with Crippen molar-refractivity contribution in [3.63, 3.8) is 0 Å². The summed E-state index contributed by atoms with van der Waals surface area (Å²) in [5, 5.41) is 0. The largest absolute Gasteiger partial charge is 0.444 e. The van der Waals surface area contributed by atoms with E-state index in [1.807, 2.05) is 6.20 Å². The number of nitrogens with zero attached hydrogens (tertiary/aromatic N) is 1. The molecular weight excluding hydrogens is 198 g/mol. The molecule has 0 saturated heterocycles. The van der Waals surface area contributed by atoms with Crippen LogP contribution >= 0.6 is 11.6 Å². The molecule has 1 aromatic heterocycles. The second-order valence-electron chi connectivity index (χ2n) is 4.49. The van der Waals surface area contributed by atoms with Crippen molar-refractivity contribution in [3.8, 4) is 0 Å². The average Bonchev–Trinajstić information content (AvgIpc) is 2.86. The molecule has 2 aliphatic carbocycles. The molecule has 1 heterocycles. The summed E-state index contributed by atoms with van der Waals surface area (Å²) in [6.07, 6.45) is 7.34. The zero-order valence-electron chi connectivity index (χ0n) is 8.08. The second-order valence-corrected chi connectivity index (χ2v) is 4.75. The molecule has 2 fully saturated rings. The topological polar surface area (TPSA) is 26.0 Å². The maximum Gasteiger partial charge on any atom is 0.209 e. The molecule has 3 unspecified atom stereocenters. The molecule has 0 aromatic carbocycles. The standard InChI is InChI=1S/C11H14ClNO/c12-5-11-13-6-10(14-11)8-3-1-2-7-4-9(7)8/h6-9H,1-5H2. The van der Waals surface area contributed by atoms with Gasteiger partial charge in [-0.25, -0.2) is 4.98 Å². The molecule has 1 aromatic rings. The van der Waals surface area contributed by atoms with Crippen LogP contribution in [0.15, 0.2) is 10.6 Å². The molecule has 3 rings (SSSR count). The Kier molecular flexibility index (Phi) is 2.05. The highest BCUT2D eigenvalue weighted by atomic mass is 35.5. The van der Waals surface area contributed by atoms with E-state index >= 15 is 0 Å². The molecule has 0 amide bonds. The Bertz CT molecular complexity index is 336. The van der Waals surface area contributed by atoms with Gasteiger partial charge in [-0.05, 0) is 24.7 Å².